The molecule has 0 radical (unpaired) electrons. The fourth-order valence-corrected chi connectivity index (χ4v) is 5.66. The molecule has 1 aliphatic carbocycles. The number of aryl methyl sites for hydroxylation is 1. The van der Waals surface area contributed by atoms with Gasteiger partial charge in [0.25, 0.3) is 0 Å². The third-order valence-electron chi connectivity index (χ3n) is 7.78. The number of hydrogen-bond donors (Lipinski definition) is 0. The summed E-state index contributed by atoms with van der Waals surface area (Å²) >= 11 is 0. The number of allylic oxidation sites excluding steroid dienone is 5. The first kappa shape index (κ1) is 26.3. The molecule has 1 heterocycles. The molecule has 1 aliphatic rings. The van der Waals surface area contributed by atoms with Gasteiger partial charge in [0.15, 0.2) is 17.5 Å². The zero-order valence-electron chi connectivity index (χ0n) is 23.9. The van der Waals surface area contributed by atoms with E-state index in [1.165, 1.54) is 32.3 Å². The second kappa shape index (κ2) is 11.3. The molecular formula is C38H33N3. The Hall–Kier alpha value is -4.89. The lowest BCUT2D eigenvalue weighted by Gasteiger charge is -2.12. The molecule has 0 spiro atoms. The van der Waals surface area contributed by atoms with Crippen molar-refractivity contribution in [3.8, 4) is 33.9 Å². The van der Waals surface area contributed by atoms with Crippen LogP contribution in [0.2, 0.25) is 0 Å². The molecule has 200 valence electrons. The van der Waals surface area contributed by atoms with Crippen molar-refractivity contribution in [2.24, 2.45) is 0 Å². The maximum absolute atomic E-state index is 4.95. The molecule has 0 amide bonds. The van der Waals surface area contributed by atoms with Gasteiger partial charge in [0.05, 0.1) is 0 Å². The Bertz CT molecular complexity index is 1980. The van der Waals surface area contributed by atoms with Gasteiger partial charge in [-0.15, -0.1) is 0 Å². The Morgan fingerprint density at radius 3 is 2.24 bits per heavy atom. The van der Waals surface area contributed by atoms with Crippen molar-refractivity contribution < 1.29 is 0 Å². The topological polar surface area (TPSA) is 38.7 Å². The summed E-state index contributed by atoms with van der Waals surface area (Å²) in [7, 11) is 0. The van der Waals surface area contributed by atoms with Gasteiger partial charge in [0.1, 0.15) is 0 Å². The molecule has 5 aromatic rings. The van der Waals surface area contributed by atoms with Gasteiger partial charge in [0, 0.05) is 16.7 Å². The molecule has 4 aromatic carbocycles. The molecular weight excluding hydrogens is 498 g/mol. The summed E-state index contributed by atoms with van der Waals surface area (Å²) in [6, 6.07) is 27.9. The zero-order valence-corrected chi connectivity index (χ0v) is 23.9. The number of aromatic nitrogens is 3. The molecule has 0 atom stereocenters. The Morgan fingerprint density at radius 2 is 1.46 bits per heavy atom. The minimum atomic E-state index is 0.620. The third kappa shape index (κ3) is 5.07. The molecule has 0 aliphatic heterocycles. The summed E-state index contributed by atoms with van der Waals surface area (Å²) in [5, 5.41) is 5.28. The number of fused-ring (bicyclic) bond motifs is 3. The highest BCUT2D eigenvalue weighted by molar-refractivity contribution is 5.97. The summed E-state index contributed by atoms with van der Waals surface area (Å²) in [5.41, 5.74) is 7.40. The highest BCUT2D eigenvalue weighted by atomic mass is 15.0. The van der Waals surface area contributed by atoms with Crippen LogP contribution in [0, 0.1) is 6.92 Å². The Balaban J connectivity index is 1.48. The maximum atomic E-state index is 4.95. The van der Waals surface area contributed by atoms with Gasteiger partial charge < -0.3 is 0 Å². The summed E-state index contributed by atoms with van der Waals surface area (Å²) in [5.74, 6) is 1.92. The van der Waals surface area contributed by atoms with Gasteiger partial charge >= 0.3 is 0 Å². The quantitative estimate of drug-likeness (QED) is 0.207. The average molecular weight is 532 g/mol. The van der Waals surface area contributed by atoms with Crippen LogP contribution < -0.4 is 10.4 Å². The average Bonchev–Trinajstić information content (AvgIpc) is 3.01. The van der Waals surface area contributed by atoms with Crippen LogP contribution in [0.25, 0.3) is 62.4 Å². The van der Waals surface area contributed by atoms with Crippen molar-refractivity contribution in [2.45, 2.75) is 33.6 Å². The summed E-state index contributed by atoms with van der Waals surface area (Å²) in [6.45, 7) is 10.2. The summed E-state index contributed by atoms with van der Waals surface area (Å²) in [6.07, 6.45) is 12.8. The van der Waals surface area contributed by atoms with E-state index in [1.54, 1.807) is 0 Å². The predicted molar refractivity (Wildman–Crippen MR) is 173 cm³/mol. The lowest BCUT2D eigenvalue weighted by atomic mass is 9.94. The fourth-order valence-electron chi connectivity index (χ4n) is 5.66. The van der Waals surface area contributed by atoms with Crippen LogP contribution >= 0.6 is 0 Å². The van der Waals surface area contributed by atoms with Gasteiger partial charge in [-0.25, -0.2) is 15.0 Å². The van der Waals surface area contributed by atoms with Gasteiger partial charge in [-0.1, -0.05) is 116 Å². The van der Waals surface area contributed by atoms with E-state index < -0.39 is 0 Å². The first-order valence-electron chi connectivity index (χ1n) is 14.2. The normalized spacial score (nSPS) is 13.3. The summed E-state index contributed by atoms with van der Waals surface area (Å²) < 4.78 is 0. The standard InChI is InChI=1S/C38H33N3/c1-5-12-25(3)30(6-2)37-39-36(40-38(41-37)31-15-9-7-13-26(31)4)29-21-19-28(20-22-29)33-17-11-18-34-32-16-10-8-14-27(32)23-24-35(33)34/h5-7,9,11-24H,2,8,10H2,1,3-4H3/b12-5-,30-25+. The monoisotopic (exact) mass is 531 g/mol. The van der Waals surface area contributed by atoms with Crippen molar-refractivity contribution in [3.63, 3.8) is 0 Å². The SMILES string of the molecule is C=C/C(=C(C)\C=C/C)c1nc(-c2ccc(-c3cccc4c5c(ccc34)=CCCC=5)cc2)nc(-c2ccccc2C)n1. The molecule has 41 heavy (non-hydrogen) atoms. The van der Waals surface area contributed by atoms with E-state index >= 15 is 0 Å². The molecule has 0 saturated heterocycles. The van der Waals surface area contributed by atoms with Crippen molar-refractivity contribution in [1.82, 2.24) is 15.0 Å². The van der Waals surface area contributed by atoms with Crippen LogP contribution in [-0.2, 0) is 0 Å². The largest absolute Gasteiger partial charge is 0.208 e. The van der Waals surface area contributed by atoms with E-state index in [-0.39, 0.29) is 0 Å². The number of benzene rings is 4. The third-order valence-corrected chi connectivity index (χ3v) is 7.78. The highest BCUT2D eigenvalue weighted by Gasteiger charge is 2.15. The first-order chi connectivity index (χ1) is 20.1. The molecule has 0 fully saturated rings. The van der Waals surface area contributed by atoms with Crippen LogP contribution in [0.5, 0.6) is 0 Å². The number of nitrogens with zero attached hydrogens (tertiary/aromatic N) is 3. The van der Waals surface area contributed by atoms with Crippen LogP contribution in [0.4, 0.5) is 0 Å². The smallest absolute Gasteiger partial charge is 0.164 e. The molecule has 0 saturated carbocycles. The van der Waals surface area contributed by atoms with Crippen LogP contribution in [0.1, 0.15) is 38.1 Å². The van der Waals surface area contributed by atoms with E-state index in [0.717, 1.165) is 40.7 Å². The minimum Gasteiger partial charge on any atom is -0.208 e. The van der Waals surface area contributed by atoms with Crippen LogP contribution in [-0.4, -0.2) is 15.0 Å². The van der Waals surface area contributed by atoms with E-state index in [4.69, 9.17) is 15.0 Å². The molecule has 0 bridgehead atoms. The predicted octanol–water partition coefficient (Wildman–Crippen LogP) is 8.22. The molecule has 1 aromatic heterocycles. The van der Waals surface area contributed by atoms with Crippen molar-refractivity contribution >= 4 is 28.5 Å². The van der Waals surface area contributed by atoms with Gasteiger partial charge in [-0.05, 0) is 77.1 Å². The Kier molecular flexibility index (Phi) is 7.26. The Labute approximate surface area is 241 Å². The van der Waals surface area contributed by atoms with E-state index in [0.29, 0.717) is 17.5 Å². The second-order valence-electron chi connectivity index (χ2n) is 10.5. The van der Waals surface area contributed by atoms with E-state index in [9.17, 15) is 0 Å². The Morgan fingerprint density at radius 1 is 0.732 bits per heavy atom. The molecule has 0 unspecified atom stereocenters. The summed E-state index contributed by atoms with van der Waals surface area (Å²) in [4.78, 5) is 14.8. The van der Waals surface area contributed by atoms with Gasteiger partial charge in [0.2, 0.25) is 0 Å². The van der Waals surface area contributed by atoms with Crippen molar-refractivity contribution in [3.05, 3.63) is 131 Å². The molecule has 3 heteroatoms. The number of rotatable bonds is 6. The molecule has 0 N–H and O–H groups in total. The fraction of sp³-hybridized carbons (Fsp3) is 0.132. The molecule has 6 rings (SSSR count). The number of hydrogen-bond acceptors (Lipinski definition) is 3. The second-order valence-corrected chi connectivity index (χ2v) is 10.5. The van der Waals surface area contributed by atoms with Crippen molar-refractivity contribution in [2.75, 3.05) is 0 Å². The molecule has 3 nitrogen and oxygen atoms in total. The van der Waals surface area contributed by atoms with Gasteiger partial charge in [-0.3, -0.25) is 0 Å². The van der Waals surface area contributed by atoms with E-state index in [1.807, 2.05) is 31.2 Å². The van der Waals surface area contributed by atoms with Crippen LogP contribution in [0.3, 0.4) is 0 Å². The lowest BCUT2D eigenvalue weighted by Crippen LogP contribution is -2.27. The van der Waals surface area contributed by atoms with E-state index in [2.05, 4.69) is 105 Å². The zero-order chi connectivity index (χ0) is 28.3. The first-order valence-corrected chi connectivity index (χ1v) is 14.2. The van der Waals surface area contributed by atoms with Crippen LogP contribution in [0.15, 0.2) is 109 Å². The maximum Gasteiger partial charge on any atom is 0.164 e. The lowest BCUT2D eigenvalue weighted by molar-refractivity contribution is 1.03. The highest BCUT2D eigenvalue weighted by Crippen LogP contribution is 2.30. The van der Waals surface area contributed by atoms with Crippen molar-refractivity contribution in [1.29, 1.82) is 0 Å². The van der Waals surface area contributed by atoms with Gasteiger partial charge in [-0.2, -0.15) is 0 Å². The minimum absolute atomic E-state index is 0.620.